The van der Waals surface area contributed by atoms with Gasteiger partial charge in [-0.05, 0) is 24.3 Å². The molecule has 1 unspecified atom stereocenters. The lowest BCUT2D eigenvalue weighted by Gasteiger charge is -2.33. The van der Waals surface area contributed by atoms with Crippen molar-refractivity contribution in [3.05, 3.63) is 95.2 Å². The second-order valence-electron chi connectivity index (χ2n) is 7.68. The molecule has 154 valence electrons. The summed E-state index contributed by atoms with van der Waals surface area (Å²) in [5.74, 6) is 0. The lowest BCUT2D eigenvalue weighted by molar-refractivity contribution is 0.175. The summed E-state index contributed by atoms with van der Waals surface area (Å²) >= 11 is 6.59. The van der Waals surface area contributed by atoms with E-state index in [9.17, 15) is 0 Å². The number of nitrogens with zero attached hydrogens (tertiary/aromatic N) is 3. The van der Waals surface area contributed by atoms with Crippen molar-refractivity contribution in [1.82, 2.24) is 0 Å². The molecule has 0 saturated carbocycles. The van der Waals surface area contributed by atoms with E-state index in [-0.39, 0.29) is 6.23 Å². The van der Waals surface area contributed by atoms with Crippen LogP contribution < -0.4 is 14.7 Å². The maximum atomic E-state index is 6.59. The number of halogens is 1. The van der Waals surface area contributed by atoms with Gasteiger partial charge in [-0.2, -0.15) is 0 Å². The van der Waals surface area contributed by atoms with Crippen molar-refractivity contribution in [1.29, 1.82) is 0 Å². The van der Waals surface area contributed by atoms with E-state index >= 15 is 0 Å². The molecule has 0 aromatic heterocycles. The van der Waals surface area contributed by atoms with Gasteiger partial charge in [-0.3, -0.25) is 4.90 Å². The zero-order chi connectivity index (χ0) is 21.3. The fraction of sp³-hybridized carbons (Fsp3) is 0.200. The molecule has 0 bridgehead atoms. The number of benzene rings is 3. The molecule has 0 spiro atoms. The Morgan fingerprint density at radius 1 is 0.767 bits per heavy atom. The third-order valence-electron chi connectivity index (χ3n) is 5.26. The summed E-state index contributed by atoms with van der Waals surface area (Å²) in [5, 5.41) is 0.696. The third kappa shape index (κ3) is 3.59. The van der Waals surface area contributed by atoms with Crippen LogP contribution in [0.5, 0.6) is 0 Å². The van der Waals surface area contributed by atoms with E-state index < -0.39 is 0 Å². The predicted molar refractivity (Wildman–Crippen MR) is 127 cm³/mol. The first-order valence-corrected chi connectivity index (χ1v) is 10.3. The summed E-state index contributed by atoms with van der Waals surface area (Å²) in [6.45, 7) is 0. The fourth-order valence-electron chi connectivity index (χ4n) is 3.85. The normalized spacial score (nSPS) is 15.6. The highest BCUT2D eigenvalue weighted by Crippen LogP contribution is 2.47. The van der Waals surface area contributed by atoms with Gasteiger partial charge in [0.1, 0.15) is 6.26 Å². The quantitative estimate of drug-likeness (QED) is 0.504. The number of para-hydroxylation sites is 3. The zero-order valence-electron chi connectivity index (χ0n) is 17.7. The van der Waals surface area contributed by atoms with E-state index in [1.807, 2.05) is 50.7 Å². The minimum Gasteiger partial charge on any atom is -0.471 e. The lowest BCUT2D eigenvalue weighted by atomic mass is 10.1. The smallest absolute Gasteiger partial charge is 0.204 e. The maximum absolute atomic E-state index is 6.59. The van der Waals surface area contributed by atoms with Gasteiger partial charge in [0, 0.05) is 45.0 Å². The van der Waals surface area contributed by atoms with Gasteiger partial charge >= 0.3 is 0 Å². The second-order valence-corrected chi connectivity index (χ2v) is 8.08. The zero-order valence-corrected chi connectivity index (χ0v) is 18.5. The fourth-order valence-corrected chi connectivity index (χ4v) is 4.09. The Kier molecular flexibility index (Phi) is 5.60. The average Bonchev–Trinajstić information content (AvgIpc) is 3.18. The molecule has 1 aliphatic rings. The lowest BCUT2D eigenvalue weighted by Crippen LogP contribution is -2.27. The third-order valence-corrected chi connectivity index (χ3v) is 5.59. The molecule has 5 heteroatoms. The van der Waals surface area contributed by atoms with Crippen molar-refractivity contribution in [2.45, 2.75) is 6.23 Å². The number of anilines is 3. The molecular weight excluding hydrogens is 394 g/mol. The SMILES string of the molecule is CN(C)c1ccccc1C1OC=C(c2ccccc2Cl)N1c1ccccc1N(C)C. The monoisotopic (exact) mass is 419 g/mol. The Morgan fingerprint density at radius 2 is 1.37 bits per heavy atom. The molecule has 1 aliphatic heterocycles. The molecule has 4 nitrogen and oxygen atoms in total. The molecule has 3 aromatic rings. The van der Waals surface area contributed by atoms with Crippen LogP contribution in [-0.2, 0) is 4.74 Å². The molecule has 0 radical (unpaired) electrons. The molecular formula is C25H26ClN3O. The molecule has 0 saturated heterocycles. The summed E-state index contributed by atoms with van der Waals surface area (Å²) in [6.07, 6.45) is 1.51. The van der Waals surface area contributed by atoms with Crippen LogP contribution >= 0.6 is 11.6 Å². The standard InChI is InChI=1S/C25H26ClN3O/c1-27(2)21-14-8-6-12-19(21)25-29(23-16-10-9-15-22(23)28(3)4)24(17-30-25)18-11-5-7-13-20(18)26/h5-17,25H,1-4H3. The van der Waals surface area contributed by atoms with Gasteiger partial charge in [0.2, 0.25) is 6.23 Å². The topological polar surface area (TPSA) is 19.0 Å². The highest BCUT2D eigenvalue weighted by atomic mass is 35.5. The van der Waals surface area contributed by atoms with Crippen LogP contribution in [0.1, 0.15) is 17.4 Å². The Morgan fingerprint density at radius 3 is 2.07 bits per heavy atom. The summed E-state index contributed by atoms with van der Waals surface area (Å²) < 4.78 is 6.31. The molecule has 0 aliphatic carbocycles. The molecule has 1 heterocycles. The number of ether oxygens (including phenoxy) is 1. The van der Waals surface area contributed by atoms with Crippen LogP contribution in [-0.4, -0.2) is 28.2 Å². The average molecular weight is 420 g/mol. The Labute approximate surface area is 183 Å². The molecule has 3 aromatic carbocycles. The highest BCUT2D eigenvalue weighted by Gasteiger charge is 2.35. The molecule has 0 fully saturated rings. The highest BCUT2D eigenvalue weighted by molar-refractivity contribution is 6.32. The van der Waals surface area contributed by atoms with E-state index in [1.165, 1.54) is 0 Å². The number of rotatable bonds is 5. The van der Waals surface area contributed by atoms with Crippen LogP contribution in [0.15, 0.2) is 79.1 Å². The van der Waals surface area contributed by atoms with E-state index in [2.05, 4.69) is 71.3 Å². The maximum Gasteiger partial charge on any atom is 0.204 e. The van der Waals surface area contributed by atoms with Gasteiger partial charge in [-0.1, -0.05) is 60.1 Å². The summed E-state index contributed by atoms with van der Waals surface area (Å²) in [7, 11) is 8.21. The van der Waals surface area contributed by atoms with E-state index in [4.69, 9.17) is 16.3 Å². The second kappa shape index (κ2) is 8.33. The molecule has 1 atom stereocenters. The van der Waals surface area contributed by atoms with Gasteiger partial charge in [-0.15, -0.1) is 0 Å². The molecule has 30 heavy (non-hydrogen) atoms. The largest absolute Gasteiger partial charge is 0.471 e. The molecule has 0 N–H and O–H groups in total. The van der Waals surface area contributed by atoms with Gasteiger partial charge in [0.05, 0.1) is 22.1 Å². The Bertz CT molecular complexity index is 1080. The van der Waals surface area contributed by atoms with Crippen molar-refractivity contribution in [2.24, 2.45) is 0 Å². The van der Waals surface area contributed by atoms with Crippen LogP contribution in [0.2, 0.25) is 5.02 Å². The number of hydrogen-bond acceptors (Lipinski definition) is 4. The Balaban J connectivity index is 1.91. The summed E-state index contributed by atoms with van der Waals surface area (Å²) in [4.78, 5) is 6.47. The van der Waals surface area contributed by atoms with Crippen molar-refractivity contribution < 1.29 is 4.74 Å². The van der Waals surface area contributed by atoms with Crippen molar-refractivity contribution >= 4 is 34.4 Å². The minimum absolute atomic E-state index is 0.309. The molecule has 4 rings (SSSR count). The van der Waals surface area contributed by atoms with E-state index in [1.54, 1.807) is 0 Å². The first-order valence-electron chi connectivity index (χ1n) is 9.91. The van der Waals surface area contributed by atoms with Crippen LogP contribution in [0, 0.1) is 0 Å². The predicted octanol–water partition coefficient (Wildman–Crippen LogP) is 6.01. The van der Waals surface area contributed by atoms with Crippen LogP contribution in [0.3, 0.4) is 0 Å². The van der Waals surface area contributed by atoms with E-state index in [0.29, 0.717) is 5.02 Å². The summed E-state index contributed by atoms with van der Waals surface area (Å²) in [6, 6.07) is 24.6. The van der Waals surface area contributed by atoms with Gasteiger partial charge in [0.15, 0.2) is 0 Å². The van der Waals surface area contributed by atoms with Gasteiger partial charge in [0.25, 0.3) is 0 Å². The van der Waals surface area contributed by atoms with Crippen LogP contribution in [0.25, 0.3) is 5.70 Å². The number of hydrogen-bond donors (Lipinski definition) is 0. The minimum atomic E-state index is -0.309. The molecule has 0 amide bonds. The van der Waals surface area contributed by atoms with Crippen molar-refractivity contribution in [3.63, 3.8) is 0 Å². The first kappa shape index (κ1) is 20.2. The summed E-state index contributed by atoms with van der Waals surface area (Å²) in [5.41, 5.74) is 6.25. The first-order chi connectivity index (χ1) is 14.5. The van der Waals surface area contributed by atoms with Gasteiger partial charge < -0.3 is 14.5 Å². The Hall–Kier alpha value is -3.11. The van der Waals surface area contributed by atoms with Gasteiger partial charge in [-0.25, -0.2) is 0 Å². The van der Waals surface area contributed by atoms with Crippen LogP contribution in [0.4, 0.5) is 17.1 Å². The van der Waals surface area contributed by atoms with Crippen molar-refractivity contribution in [3.8, 4) is 0 Å². The van der Waals surface area contributed by atoms with E-state index in [0.717, 1.165) is 33.9 Å². The van der Waals surface area contributed by atoms with Crippen molar-refractivity contribution in [2.75, 3.05) is 42.9 Å².